The molecule has 8 heteroatoms. The minimum atomic E-state index is -4.59. The molecule has 0 atom stereocenters. The summed E-state index contributed by atoms with van der Waals surface area (Å²) in [4.78, 5) is 10.8. The average Bonchev–Trinajstić information content (AvgIpc) is 2.72. The van der Waals surface area contributed by atoms with Crippen molar-refractivity contribution in [2.75, 3.05) is 0 Å². The molecule has 0 saturated heterocycles. The van der Waals surface area contributed by atoms with Gasteiger partial charge >= 0.3 is 12.1 Å². The maximum Gasteiger partial charge on any atom is 0.435 e. The smallest absolute Gasteiger partial charge is 0.435 e. The lowest BCUT2D eigenvalue weighted by molar-refractivity contribution is -0.141. The quantitative estimate of drug-likeness (QED) is 0.886. The van der Waals surface area contributed by atoms with Gasteiger partial charge in [-0.3, -0.25) is 4.68 Å². The summed E-state index contributed by atoms with van der Waals surface area (Å²) in [7, 11) is 0. The fourth-order valence-electron chi connectivity index (χ4n) is 1.92. The van der Waals surface area contributed by atoms with E-state index in [0.29, 0.717) is 0 Å². The lowest BCUT2D eigenvalue weighted by Gasteiger charge is -2.06. The zero-order valence-electron chi connectivity index (χ0n) is 10.8. The molecule has 0 bridgehead atoms. The fourth-order valence-corrected chi connectivity index (χ4v) is 1.92. The minimum Gasteiger partial charge on any atom is -0.478 e. The molecule has 1 heterocycles. The predicted molar refractivity (Wildman–Crippen MR) is 64.4 cm³/mol. The molecule has 1 aromatic carbocycles. The van der Waals surface area contributed by atoms with Crippen molar-refractivity contribution in [2.45, 2.75) is 19.6 Å². The molecule has 0 saturated carbocycles. The molecule has 1 N–H and O–H groups in total. The number of rotatable bonds is 3. The second-order valence-corrected chi connectivity index (χ2v) is 4.44. The number of aromatic nitrogens is 2. The van der Waals surface area contributed by atoms with Gasteiger partial charge in [0.25, 0.3) is 0 Å². The standard InChI is InChI=1S/C13H10F4N2O2/c1-7-5-19(18-11(7)13(15,16)17)6-8-3-2-4-9(10(8)14)12(20)21/h2-5H,6H2,1H3,(H,20,21). The highest BCUT2D eigenvalue weighted by atomic mass is 19.4. The minimum absolute atomic E-state index is 0.0499. The van der Waals surface area contributed by atoms with Crippen molar-refractivity contribution < 1.29 is 27.5 Å². The van der Waals surface area contributed by atoms with Crippen molar-refractivity contribution in [2.24, 2.45) is 0 Å². The summed E-state index contributed by atoms with van der Waals surface area (Å²) in [5.74, 6) is -2.42. The van der Waals surface area contributed by atoms with Gasteiger partial charge in [-0.2, -0.15) is 18.3 Å². The first-order chi connectivity index (χ1) is 9.70. The molecule has 4 nitrogen and oxygen atoms in total. The van der Waals surface area contributed by atoms with Crippen molar-refractivity contribution in [3.8, 4) is 0 Å². The number of hydrogen-bond acceptors (Lipinski definition) is 2. The van der Waals surface area contributed by atoms with E-state index in [4.69, 9.17) is 5.11 Å². The highest BCUT2D eigenvalue weighted by Gasteiger charge is 2.35. The van der Waals surface area contributed by atoms with Gasteiger partial charge in [0.05, 0.1) is 12.1 Å². The van der Waals surface area contributed by atoms with Gasteiger partial charge in [0, 0.05) is 11.8 Å². The largest absolute Gasteiger partial charge is 0.478 e. The summed E-state index contributed by atoms with van der Waals surface area (Å²) < 4.78 is 52.7. The zero-order chi connectivity index (χ0) is 15.8. The first-order valence-electron chi connectivity index (χ1n) is 5.82. The molecule has 0 aliphatic carbocycles. The second-order valence-electron chi connectivity index (χ2n) is 4.44. The Bertz CT molecular complexity index is 692. The number of carboxylic acid groups (broad SMARTS) is 1. The molecule has 21 heavy (non-hydrogen) atoms. The van der Waals surface area contributed by atoms with Crippen LogP contribution in [0.1, 0.15) is 27.2 Å². The number of hydrogen-bond donors (Lipinski definition) is 1. The Morgan fingerprint density at radius 1 is 1.38 bits per heavy atom. The first kappa shape index (κ1) is 15.0. The van der Waals surface area contributed by atoms with Crippen molar-refractivity contribution in [3.05, 3.63) is 52.6 Å². The average molecular weight is 302 g/mol. The van der Waals surface area contributed by atoms with Crippen LogP contribution in [0.25, 0.3) is 0 Å². The molecular weight excluding hydrogens is 292 g/mol. The summed E-state index contributed by atoms with van der Waals surface area (Å²) in [6.07, 6.45) is -3.45. The van der Waals surface area contributed by atoms with Crippen molar-refractivity contribution in [1.82, 2.24) is 9.78 Å². The molecule has 2 rings (SSSR count). The van der Waals surface area contributed by atoms with E-state index in [0.717, 1.165) is 16.9 Å². The van der Waals surface area contributed by atoms with E-state index in [2.05, 4.69) is 5.10 Å². The lowest BCUT2D eigenvalue weighted by Crippen LogP contribution is -2.11. The van der Waals surface area contributed by atoms with Crippen LogP contribution in [0.5, 0.6) is 0 Å². The van der Waals surface area contributed by atoms with Gasteiger partial charge in [-0.15, -0.1) is 0 Å². The topological polar surface area (TPSA) is 55.1 Å². The van der Waals surface area contributed by atoms with E-state index in [1.165, 1.54) is 19.1 Å². The van der Waals surface area contributed by atoms with Crippen molar-refractivity contribution >= 4 is 5.97 Å². The number of carbonyl (C=O) groups is 1. The van der Waals surface area contributed by atoms with Gasteiger partial charge in [-0.25, -0.2) is 9.18 Å². The normalized spacial score (nSPS) is 11.7. The molecule has 112 valence electrons. The maximum atomic E-state index is 13.9. The summed E-state index contributed by atoms with van der Waals surface area (Å²) in [5.41, 5.74) is -1.71. The zero-order valence-corrected chi connectivity index (χ0v) is 10.8. The van der Waals surface area contributed by atoms with E-state index in [9.17, 15) is 22.4 Å². The number of aromatic carboxylic acids is 1. The van der Waals surface area contributed by atoms with E-state index < -0.39 is 29.2 Å². The van der Waals surface area contributed by atoms with Crippen LogP contribution < -0.4 is 0 Å². The van der Waals surface area contributed by atoms with Gasteiger partial charge in [-0.05, 0) is 18.6 Å². The van der Waals surface area contributed by atoms with Gasteiger partial charge in [0.1, 0.15) is 5.82 Å². The van der Waals surface area contributed by atoms with E-state index in [1.54, 1.807) is 0 Å². The number of alkyl halides is 3. The van der Waals surface area contributed by atoms with Gasteiger partial charge in [0.2, 0.25) is 0 Å². The van der Waals surface area contributed by atoms with Gasteiger partial charge in [0.15, 0.2) is 5.69 Å². The summed E-state index contributed by atoms with van der Waals surface area (Å²) in [6.45, 7) is 0.959. The molecule has 0 aliphatic rings. The summed E-state index contributed by atoms with van der Waals surface area (Å²) in [5, 5.41) is 12.2. The van der Waals surface area contributed by atoms with Crippen LogP contribution >= 0.6 is 0 Å². The van der Waals surface area contributed by atoms with Crippen LogP contribution in [0.2, 0.25) is 0 Å². The van der Waals surface area contributed by atoms with Crippen molar-refractivity contribution in [1.29, 1.82) is 0 Å². The summed E-state index contributed by atoms with van der Waals surface area (Å²) in [6, 6.07) is 3.70. The number of halogens is 4. The molecule has 0 amide bonds. The maximum absolute atomic E-state index is 13.9. The Morgan fingerprint density at radius 3 is 2.57 bits per heavy atom. The van der Waals surface area contributed by atoms with Gasteiger partial charge < -0.3 is 5.11 Å². The van der Waals surface area contributed by atoms with Crippen LogP contribution in [0.3, 0.4) is 0 Å². The SMILES string of the molecule is Cc1cn(Cc2cccc(C(=O)O)c2F)nc1C(F)(F)F. The van der Waals surface area contributed by atoms with Crippen LogP contribution in [0.4, 0.5) is 17.6 Å². The Balaban J connectivity index is 2.36. The molecule has 1 aromatic heterocycles. The first-order valence-corrected chi connectivity index (χ1v) is 5.82. The molecule has 0 radical (unpaired) electrons. The van der Waals surface area contributed by atoms with Crippen LogP contribution in [0, 0.1) is 12.7 Å². The fraction of sp³-hybridized carbons (Fsp3) is 0.231. The van der Waals surface area contributed by atoms with Crippen LogP contribution in [-0.4, -0.2) is 20.9 Å². The third-order valence-electron chi connectivity index (χ3n) is 2.85. The highest BCUT2D eigenvalue weighted by Crippen LogP contribution is 2.30. The molecule has 0 spiro atoms. The third-order valence-corrected chi connectivity index (χ3v) is 2.85. The van der Waals surface area contributed by atoms with Crippen LogP contribution in [-0.2, 0) is 12.7 Å². The predicted octanol–water partition coefficient (Wildman–Crippen LogP) is 3.10. The molecule has 0 unspecified atom stereocenters. The van der Waals surface area contributed by atoms with Gasteiger partial charge in [-0.1, -0.05) is 12.1 Å². The monoisotopic (exact) mass is 302 g/mol. The number of benzene rings is 1. The number of carboxylic acids is 1. The third kappa shape index (κ3) is 3.04. The van der Waals surface area contributed by atoms with E-state index >= 15 is 0 Å². The highest BCUT2D eigenvalue weighted by molar-refractivity contribution is 5.88. The second kappa shape index (κ2) is 5.19. The van der Waals surface area contributed by atoms with Crippen LogP contribution in [0.15, 0.2) is 24.4 Å². The Labute approximate surface area is 116 Å². The number of aryl methyl sites for hydroxylation is 1. The molecule has 0 fully saturated rings. The summed E-state index contributed by atoms with van der Waals surface area (Å²) >= 11 is 0. The molecule has 2 aromatic rings. The van der Waals surface area contributed by atoms with E-state index in [1.807, 2.05) is 0 Å². The molecular formula is C13H10F4N2O2. The molecule has 0 aliphatic heterocycles. The number of nitrogens with zero attached hydrogens (tertiary/aromatic N) is 2. The van der Waals surface area contributed by atoms with Crippen molar-refractivity contribution in [3.63, 3.8) is 0 Å². The lowest BCUT2D eigenvalue weighted by atomic mass is 10.1. The Kier molecular flexibility index (Phi) is 3.71. The Morgan fingerprint density at radius 2 is 2.05 bits per heavy atom. The Hall–Kier alpha value is -2.38. The van der Waals surface area contributed by atoms with E-state index in [-0.39, 0.29) is 17.7 Å².